The van der Waals surface area contributed by atoms with Gasteiger partial charge in [-0.2, -0.15) is 0 Å². The third kappa shape index (κ3) is 4.46. The molecule has 0 aromatic heterocycles. The summed E-state index contributed by atoms with van der Waals surface area (Å²) in [7, 11) is -4.24. The summed E-state index contributed by atoms with van der Waals surface area (Å²) in [5, 5.41) is 2.51. The van der Waals surface area contributed by atoms with Crippen LogP contribution < -0.4 is 14.8 Å². The molecule has 0 aliphatic carbocycles. The number of allylic oxidation sites excluding steroid dienone is 1. The first-order valence-electron chi connectivity index (χ1n) is 9.75. The number of imide groups is 1. The molecule has 2 heterocycles. The van der Waals surface area contributed by atoms with Crippen molar-refractivity contribution in [1.82, 2.24) is 10.2 Å². The molecule has 2 aromatic carbocycles. The van der Waals surface area contributed by atoms with Crippen molar-refractivity contribution in [2.75, 3.05) is 4.72 Å². The Kier molecular flexibility index (Phi) is 5.59. The van der Waals surface area contributed by atoms with E-state index in [-0.39, 0.29) is 28.1 Å². The summed E-state index contributed by atoms with van der Waals surface area (Å²) in [5.74, 6) is -2.56. The maximum absolute atomic E-state index is 12.9. The number of piperidine rings is 1. The molecule has 13 heteroatoms. The van der Waals surface area contributed by atoms with Crippen LogP contribution in [0.2, 0.25) is 0 Å². The average molecular weight is 495 g/mol. The molecule has 3 amide bonds. The molecule has 0 saturated carbocycles. The van der Waals surface area contributed by atoms with Gasteiger partial charge in [-0.15, -0.1) is 13.2 Å². The number of nitrogens with zero attached hydrogens (tertiary/aromatic N) is 1. The predicted octanol–water partition coefficient (Wildman–Crippen LogP) is 2.77. The maximum atomic E-state index is 12.9. The van der Waals surface area contributed by atoms with E-state index in [1.807, 2.05) is 0 Å². The molecule has 1 fully saturated rings. The highest BCUT2D eigenvalue weighted by Gasteiger charge is 2.44. The van der Waals surface area contributed by atoms with Crippen LogP contribution in [0.3, 0.4) is 0 Å². The van der Waals surface area contributed by atoms with Crippen LogP contribution in [0.1, 0.15) is 33.6 Å². The van der Waals surface area contributed by atoms with Gasteiger partial charge in [0.1, 0.15) is 11.8 Å². The highest BCUT2D eigenvalue weighted by molar-refractivity contribution is 7.92. The molecule has 178 valence electrons. The van der Waals surface area contributed by atoms with Gasteiger partial charge in [-0.25, -0.2) is 8.42 Å². The summed E-state index contributed by atoms with van der Waals surface area (Å²) < 4.78 is 68.0. The van der Waals surface area contributed by atoms with Crippen LogP contribution in [-0.4, -0.2) is 43.4 Å². The zero-order valence-electron chi connectivity index (χ0n) is 17.2. The van der Waals surface area contributed by atoms with E-state index >= 15 is 0 Å². The van der Waals surface area contributed by atoms with E-state index in [1.165, 1.54) is 12.1 Å². The Morgan fingerprint density at radius 3 is 2.29 bits per heavy atom. The van der Waals surface area contributed by atoms with E-state index in [0.717, 1.165) is 35.2 Å². The standard InChI is InChI=1S/C21H16F3N3O6S/c1-11-2-9-17(18(28)25-11)27-19(29)15-8-3-12(10-16(15)20(27)30)26-34(31,32)14-6-4-13(5-7-14)33-21(22,23)24/h3-8,10,17,26H,1-2,9H2,(H,25,28). The average Bonchev–Trinajstić information content (AvgIpc) is 2.97. The Morgan fingerprint density at radius 1 is 1.03 bits per heavy atom. The molecule has 2 aromatic rings. The minimum Gasteiger partial charge on any atom is -0.406 e. The minimum absolute atomic E-state index is 0.0128. The summed E-state index contributed by atoms with van der Waals surface area (Å²) in [4.78, 5) is 38.4. The van der Waals surface area contributed by atoms with Gasteiger partial charge >= 0.3 is 6.36 Å². The number of anilines is 1. The Hall–Kier alpha value is -3.87. The number of hydrogen-bond donors (Lipinski definition) is 2. The first kappa shape index (κ1) is 23.3. The number of halogens is 3. The van der Waals surface area contributed by atoms with E-state index in [4.69, 9.17) is 0 Å². The van der Waals surface area contributed by atoms with Gasteiger partial charge in [0.2, 0.25) is 5.91 Å². The van der Waals surface area contributed by atoms with Crippen LogP contribution in [0, 0.1) is 0 Å². The van der Waals surface area contributed by atoms with E-state index in [9.17, 15) is 36.0 Å². The number of rotatable bonds is 5. The molecule has 9 nitrogen and oxygen atoms in total. The molecular formula is C21H16F3N3O6S. The van der Waals surface area contributed by atoms with Gasteiger partial charge in [-0.05, 0) is 55.3 Å². The van der Waals surface area contributed by atoms with Gasteiger partial charge in [-0.1, -0.05) is 6.58 Å². The summed E-state index contributed by atoms with van der Waals surface area (Å²) in [5.41, 5.74) is 0.349. The fourth-order valence-electron chi connectivity index (χ4n) is 3.65. The molecule has 2 aliphatic heterocycles. The minimum atomic E-state index is -4.92. The van der Waals surface area contributed by atoms with Crippen LogP contribution in [0.25, 0.3) is 0 Å². The summed E-state index contributed by atoms with van der Waals surface area (Å²) >= 11 is 0. The zero-order valence-corrected chi connectivity index (χ0v) is 18.0. The number of sulfonamides is 1. The quantitative estimate of drug-likeness (QED) is 0.616. The molecular weight excluding hydrogens is 479 g/mol. The molecule has 2 aliphatic rings. The van der Waals surface area contributed by atoms with Gasteiger partial charge in [0.05, 0.1) is 16.0 Å². The molecule has 0 radical (unpaired) electrons. The monoisotopic (exact) mass is 495 g/mol. The zero-order chi connectivity index (χ0) is 24.8. The summed E-state index contributed by atoms with van der Waals surface area (Å²) in [6.45, 7) is 3.65. The Morgan fingerprint density at radius 2 is 1.68 bits per heavy atom. The Labute approximate surface area is 191 Å². The van der Waals surface area contributed by atoms with Gasteiger partial charge in [0, 0.05) is 11.4 Å². The fraction of sp³-hybridized carbons (Fsp3) is 0.190. The van der Waals surface area contributed by atoms with Crippen molar-refractivity contribution in [3.05, 3.63) is 65.9 Å². The number of benzene rings is 2. The van der Waals surface area contributed by atoms with Crippen molar-refractivity contribution >= 4 is 33.4 Å². The second-order valence-corrected chi connectivity index (χ2v) is 9.20. The van der Waals surface area contributed by atoms with Crippen molar-refractivity contribution in [3.63, 3.8) is 0 Å². The van der Waals surface area contributed by atoms with Gasteiger partial charge in [0.25, 0.3) is 21.8 Å². The highest BCUT2D eigenvalue weighted by atomic mass is 32.2. The smallest absolute Gasteiger partial charge is 0.406 e. The van der Waals surface area contributed by atoms with E-state index in [1.54, 1.807) is 0 Å². The van der Waals surface area contributed by atoms with Crippen LogP contribution >= 0.6 is 0 Å². The van der Waals surface area contributed by atoms with E-state index < -0.39 is 45.9 Å². The molecule has 4 rings (SSSR count). The number of carbonyl (C=O) groups is 3. The van der Waals surface area contributed by atoms with E-state index in [0.29, 0.717) is 12.1 Å². The van der Waals surface area contributed by atoms with Gasteiger partial charge < -0.3 is 10.1 Å². The molecule has 1 atom stereocenters. The molecule has 2 N–H and O–H groups in total. The van der Waals surface area contributed by atoms with Crippen LogP contribution in [0.15, 0.2) is 59.6 Å². The first-order valence-corrected chi connectivity index (χ1v) is 11.2. The lowest BCUT2D eigenvalue weighted by atomic mass is 10.0. The maximum Gasteiger partial charge on any atom is 0.573 e. The number of amides is 3. The predicted molar refractivity (Wildman–Crippen MR) is 111 cm³/mol. The fourth-order valence-corrected chi connectivity index (χ4v) is 4.70. The van der Waals surface area contributed by atoms with Crippen molar-refractivity contribution in [2.45, 2.75) is 30.1 Å². The molecule has 34 heavy (non-hydrogen) atoms. The number of ether oxygens (including phenoxy) is 1. The van der Waals surface area contributed by atoms with Gasteiger partial charge in [-0.3, -0.25) is 24.0 Å². The number of nitrogens with one attached hydrogen (secondary N) is 2. The number of fused-ring (bicyclic) bond motifs is 1. The van der Waals surface area contributed by atoms with Crippen LogP contribution in [-0.2, 0) is 14.8 Å². The van der Waals surface area contributed by atoms with Crippen LogP contribution in [0.5, 0.6) is 5.75 Å². The Bertz CT molecular complexity index is 1320. The lowest BCUT2D eigenvalue weighted by Crippen LogP contribution is -2.51. The highest BCUT2D eigenvalue weighted by Crippen LogP contribution is 2.31. The number of hydrogen-bond acceptors (Lipinski definition) is 6. The summed E-state index contributed by atoms with van der Waals surface area (Å²) in [6, 6.07) is 6.18. The molecule has 1 saturated heterocycles. The van der Waals surface area contributed by atoms with E-state index in [2.05, 4.69) is 21.4 Å². The third-order valence-electron chi connectivity index (χ3n) is 5.17. The topological polar surface area (TPSA) is 122 Å². The lowest BCUT2D eigenvalue weighted by molar-refractivity contribution is -0.274. The van der Waals surface area contributed by atoms with Crippen molar-refractivity contribution in [3.8, 4) is 5.75 Å². The first-order chi connectivity index (χ1) is 15.9. The van der Waals surface area contributed by atoms with Crippen molar-refractivity contribution in [2.24, 2.45) is 0 Å². The third-order valence-corrected chi connectivity index (χ3v) is 6.57. The van der Waals surface area contributed by atoms with Crippen LogP contribution in [0.4, 0.5) is 18.9 Å². The summed E-state index contributed by atoms with van der Waals surface area (Å²) in [6.07, 6.45) is -4.32. The van der Waals surface area contributed by atoms with Gasteiger partial charge in [0.15, 0.2) is 0 Å². The van der Waals surface area contributed by atoms with Crippen molar-refractivity contribution < 1.29 is 40.7 Å². The molecule has 0 spiro atoms. The SMILES string of the molecule is C=C1CCC(N2C(=O)c3ccc(NS(=O)(=O)c4ccc(OC(F)(F)F)cc4)cc3C2=O)C(=O)N1. The normalized spacial score (nSPS) is 18.6. The largest absolute Gasteiger partial charge is 0.573 e. The van der Waals surface area contributed by atoms with Crippen molar-refractivity contribution in [1.29, 1.82) is 0 Å². The lowest BCUT2D eigenvalue weighted by Gasteiger charge is -2.29. The number of carbonyl (C=O) groups excluding carboxylic acids is 3. The molecule has 1 unspecified atom stereocenters. The second kappa shape index (κ2) is 8.17. The number of alkyl halides is 3. The second-order valence-electron chi connectivity index (χ2n) is 7.51. The molecule has 0 bridgehead atoms. The Balaban J connectivity index is 1.55.